The van der Waals surface area contributed by atoms with E-state index in [-0.39, 0.29) is 18.2 Å². The molecule has 2 heterocycles. The van der Waals surface area contributed by atoms with Crippen LogP contribution < -0.4 is 5.19 Å². The number of nitrogens with zero attached hydrogens (tertiary/aromatic N) is 1. The summed E-state index contributed by atoms with van der Waals surface area (Å²) in [4.78, 5) is 18.5. The second-order valence-corrected chi connectivity index (χ2v) is 14.3. The van der Waals surface area contributed by atoms with Crippen LogP contribution in [0, 0.1) is 17.8 Å². The summed E-state index contributed by atoms with van der Waals surface area (Å²) >= 11 is 0. The van der Waals surface area contributed by atoms with E-state index < -0.39 is 13.7 Å². The summed E-state index contributed by atoms with van der Waals surface area (Å²) in [5.74, 6) is 1.70. The highest BCUT2D eigenvalue weighted by Crippen LogP contribution is 2.61. The third kappa shape index (κ3) is 3.12. The Balaban J connectivity index is 1.47. The van der Waals surface area contributed by atoms with Crippen LogP contribution in [0.5, 0.6) is 0 Å². The molecule has 2 bridgehead atoms. The molecule has 26 heavy (non-hydrogen) atoms. The highest BCUT2D eigenvalue weighted by molar-refractivity contribution is 6.89. The van der Waals surface area contributed by atoms with Crippen molar-refractivity contribution in [1.29, 1.82) is 0 Å². The van der Waals surface area contributed by atoms with Gasteiger partial charge in [-0.05, 0) is 44.6 Å². The van der Waals surface area contributed by atoms with E-state index in [1.54, 1.807) is 0 Å². The fourth-order valence-electron chi connectivity index (χ4n) is 4.73. The predicted octanol–water partition coefficient (Wildman–Crippen LogP) is 3.95. The number of amides is 1. The Labute approximate surface area is 157 Å². The van der Waals surface area contributed by atoms with Gasteiger partial charge in [-0.15, -0.1) is 0 Å². The van der Waals surface area contributed by atoms with Crippen LogP contribution in [0.25, 0.3) is 0 Å². The summed E-state index contributed by atoms with van der Waals surface area (Å²) in [6, 6.07) is 12.2. The Morgan fingerprint density at radius 3 is 2.50 bits per heavy atom. The van der Waals surface area contributed by atoms with E-state index in [9.17, 15) is 4.79 Å². The molecular formula is C21H29NO3Si. The minimum absolute atomic E-state index is 0.0168. The lowest BCUT2D eigenvalue weighted by Crippen LogP contribution is -2.51. The number of carbonyl (C=O) groups excluding carboxylic acids is 1. The molecule has 1 saturated carbocycles. The van der Waals surface area contributed by atoms with Gasteiger partial charge in [0.1, 0.15) is 11.7 Å². The normalized spacial score (nSPS) is 32.3. The molecule has 5 heteroatoms. The number of fused-ring (bicyclic) bond motifs is 1. The molecule has 2 fully saturated rings. The summed E-state index contributed by atoms with van der Waals surface area (Å²) in [6.45, 7) is 10.6. The van der Waals surface area contributed by atoms with Crippen LogP contribution in [0.4, 0.5) is 4.79 Å². The third-order valence-corrected chi connectivity index (χ3v) is 9.33. The van der Waals surface area contributed by atoms with Crippen LogP contribution in [0.15, 0.2) is 42.5 Å². The maximum atomic E-state index is 12.5. The van der Waals surface area contributed by atoms with Gasteiger partial charge < -0.3 is 4.74 Å². The van der Waals surface area contributed by atoms with Crippen molar-refractivity contribution in [2.24, 2.45) is 17.8 Å². The molecule has 1 saturated heterocycles. The van der Waals surface area contributed by atoms with Crippen molar-refractivity contribution in [2.45, 2.75) is 57.7 Å². The Kier molecular flexibility index (Phi) is 4.08. The molecule has 1 aromatic carbocycles. The second-order valence-electron chi connectivity index (χ2n) is 9.52. The van der Waals surface area contributed by atoms with Crippen molar-refractivity contribution >= 4 is 19.4 Å². The van der Waals surface area contributed by atoms with Crippen molar-refractivity contribution in [3.05, 3.63) is 42.5 Å². The van der Waals surface area contributed by atoms with Gasteiger partial charge in [-0.25, -0.2) is 4.79 Å². The topological polar surface area (TPSA) is 38.8 Å². The van der Waals surface area contributed by atoms with E-state index in [2.05, 4.69) is 55.6 Å². The zero-order valence-corrected chi connectivity index (χ0v) is 17.3. The first-order valence-electron chi connectivity index (χ1n) is 9.60. The monoisotopic (exact) mass is 371 g/mol. The zero-order chi connectivity index (χ0) is 18.7. The maximum absolute atomic E-state index is 12.5. The van der Waals surface area contributed by atoms with Crippen LogP contribution in [0.3, 0.4) is 0 Å². The first-order chi connectivity index (χ1) is 12.2. The summed E-state index contributed by atoms with van der Waals surface area (Å²) in [6.07, 6.45) is 3.95. The summed E-state index contributed by atoms with van der Waals surface area (Å²) in [5, 5.41) is 3.00. The molecule has 5 rings (SSSR count). The number of carbonyl (C=O) groups is 1. The third-order valence-electron chi connectivity index (χ3n) is 5.94. The first kappa shape index (κ1) is 17.8. The molecule has 1 aromatic rings. The van der Waals surface area contributed by atoms with Crippen molar-refractivity contribution in [3.63, 3.8) is 0 Å². The van der Waals surface area contributed by atoms with Crippen LogP contribution in [0.1, 0.15) is 20.8 Å². The van der Waals surface area contributed by atoms with Gasteiger partial charge in [-0.2, -0.15) is 5.06 Å². The molecule has 0 aromatic heterocycles. The van der Waals surface area contributed by atoms with Crippen molar-refractivity contribution in [3.8, 4) is 0 Å². The number of hydrogen-bond acceptors (Lipinski definition) is 3. The Bertz CT molecular complexity index is 725. The highest BCUT2D eigenvalue weighted by Gasteiger charge is 2.65. The van der Waals surface area contributed by atoms with Gasteiger partial charge in [-0.1, -0.05) is 60.8 Å². The molecule has 0 N–H and O–H groups in total. The van der Waals surface area contributed by atoms with E-state index in [4.69, 9.17) is 9.57 Å². The van der Waals surface area contributed by atoms with Crippen molar-refractivity contribution in [2.75, 3.05) is 0 Å². The average Bonchev–Trinajstić information content (AvgIpc) is 3.30. The molecule has 2 aliphatic carbocycles. The van der Waals surface area contributed by atoms with Gasteiger partial charge in [0.05, 0.1) is 14.1 Å². The van der Waals surface area contributed by atoms with E-state index >= 15 is 0 Å². The number of rotatable bonds is 3. The Morgan fingerprint density at radius 2 is 1.85 bits per heavy atom. The average molecular weight is 372 g/mol. The standard InChI is InChI=1S/C21H29NO3Si/c1-21(2,3)24-20(23)22-16-11-12-17(25-22)19-15(18(16)19)13-26(4,5)14-9-7-6-8-10-14/h6-12,15-19H,13H2,1-5H3/t15-,16-,17+,18+,19-/m1/s1. The van der Waals surface area contributed by atoms with Crippen LogP contribution in [-0.4, -0.2) is 37.0 Å². The minimum Gasteiger partial charge on any atom is -0.442 e. The molecule has 0 unspecified atom stereocenters. The molecule has 4 nitrogen and oxygen atoms in total. The summed E-state index contributed by atoms with van der Waals surface area (Å²) in [7, 11) is -1.51. The van der Waals surface area contributed by atoms with Gasteiger partial charge >= 0.3 is 6.09 Å². The van der Waals surface area contributed by atoms with Gasteiger partial charge in [-0.3, -0.25) is 4.84 Å². The van der Waals surface area contributed by atoms with Crippen LogP contribution in [0.2, 0.25) is 19.1 Å². The van der Waals surface area contributed by atoms with Gasteiger partial charge in [0.25, 0.3) is 0 Å². The molecule has 5 atom stereocenters. The van der Waals surface area contributed by atoms with Crippen molar-refractivity contribution in [1.82, 2.24) is 5.06 Å². The van der Waals surface area contributed by atoms with E-state index in [1.807, 2.05) is 20.8 Å². The Morgan fingerprint density at radius 1 is 1.15 bits per heavy atom. The van der Waals surface area contributed by atoms with E-state index in [1.165, 1.54) is 16.3 Å². The lowest BCUT2D eigenvalue weighted by Gasteiger charge is -2.40. The van der Waals surface area contributed by atoms with Crippen LogP contribution in [-0.2, 0) is 9.57 Å². The van der Waals surface area contributed by atoms with E-state index in [0.29, 0.717) is 17.8 Å². The lowest BCUT2D eigenvalue weighted by atomic mass is 9.99. The fourth-order valence-corrected chi connectivity index (χ4v) is 7.79. The summed E-state index contributed by atoms with van der Waals surface area (Å²) < 4.78 is 5.54. The quantitative estimate of drug-likeness (QED) is 0.596. The number of ether oxygens (including phenoxy) is 1. The molecule has 1 amide bonds. The second kappa shape index (κ2) is 5.96. The fraction of sp³-hybridized carbons (Fsp3) is 0.571. The zero-order valence-electron chi connectivity index (χ0n) is 16.3. The maximum Gasteiger partial charge on any atom is 0.435 e. The van der Waals surface area contributed by atoms with Gasteiger partial charge in [0, 0.05) is 0 Å². The van der Waals surface area contributed by atoms with Crippen LogP contribution >= 0.6 is 0 Å². The molecular weight excluding hydrogens is 342 g/mol. The molecule has 0 radical (unpaired) electrons. The smallest absolute Gasteiger partial charge is 0.435 e. The van der Waals surface area contributed by atoms with E-state index in [0.717, 1.165) is 0 Å². The summed E-state index contributed by atoms with van der Waals surface area (Å²) in [5.41, 5.74) is -0.509. The van der Waals surface area contributed by atoms with Gasteiger partial charge in [0.15, 0.2) is 0 Å². The van der Waals surface area contributed by atoms with Crippen molar-refractivity contribution < 1.29 is 14.4 Å². The molecule has 2 aliphatic heterocycles. The predicted molar refractivity (Wildman–Crippen MR) is 105 cm³/mol. The molecule has 0 spiro atoms. The minimum atomic E-state index is -1.51. The highest BCUT2D eigenvalue weighted by atomic mass is 28.3. The number of benzene rings is 1. The Hall–Kier alpha value is -1.59. The lowest BCUT2D eigenvalue weighted by molar-refractivity contribution is -0.218. The largest absolute Gasteiger partial charge is 0.442 e. The molecule has 4 aliphatic rings. The first-order valence-corrected chi connectivity index (χ1v) is 12.8. The van der Waals surface area contributed by atoms with Gasteiger partial charge in [0.2, 0.25) is 0 Å². The molecule has 140 valence electrons. The number of hydrogen-bond donors (Lipinski definition) is 0. The number of hydroxylamine groups is 2. The SMILES string of the molecule is CC(C)(C)OC(=O)N1O[C@H]2C=C[C@@H]1[C@@H]1[C@@H](C[Si](C)(C)c3ccccc3)[C@@H]12.